The van der Waals surface area contributed by atoms with Crippen LogP contribution in [0.1, 0.15) is 39.7 Å². The van der Waals surface area contributed by atoms with Gasteiger partial charge in [0.1, 0.15) is 5.82 Å². The molecular formula is C15H23FN2O. The zero-order chi connectivity index (χ0) is 14.7. The van der Waals surface area contributed by atoms with Gasteiger partial charge in [0.15, 0.2) is 0 Å². The van der Waals surface area contributed by atoms with Crippen LogP contribution in [-0.2, 0) is 10.2 Å². The lowest BCUT2D eigenvalue weighted by atomic mass is 9.84. The summed E-state index contributed by atoms with van der Waals surface area (Å²) in [5.41, 5.74) is 5.40. The van der Waals surface area contributed by atoms with Gasteiger partial charge in [0, 0.05) is 23.9 Å². The van der Waals surface area contributed by atoms with E-state index in [0.717, 1.165) is 0 Å². The Kier molecular flexibility index (Phi) is 4.69. The number of carbonyl (C=O) groups is 1. The predicted octanol–water partition coefficient (Wildman–Crippen LogP) is 2.35. The van der Waals surface area contributed by atoms with Gasteiger partial charge in [-0.15, -0.1) is 0 Å². The van der Waals surface area contributed by atoms with Crippen molar-refractivity contribution >= 4 is 5.91 Å². The van der Waals surface area contributed by atoms with Gasteiger partial charge in [-0.25, -0.2) is 4.39 Å². The molecule has 0 unspecified atom stereocenters. The Hall–Kier alpha value is -1.42. The smallest absolute Gasteiger partial charge is 0.221 e. The third-order valence-electron chi connectivity index (χ3n) is 2.95. The average Bonchev–Trinajstić information content (AvgIpc) is 2.24. The summed E-state index contributed by atoms with van der Waals surface area (Å²) < 4.78 is 13.7. The van der Waals surface area contributed by atoms with Crippen molar-refractivity contribution in [2.75, 3.05) is 6.54 Å². The minimum Gasteiger partial charge on any atom is -0.355 e. The first-order chi connectivity index (χ1) is 8.62. The molecule has 0 aromatic heterocycles. The molecule has 1 amide bonds. The van der Waals surface area contributed by atoms with E-state index in [9.17, 15) is 9.18 Å². The maximum absolute atomic E-state index is 13.7. The highest BCUT2D eigenvalue weighted by Crippen LogP contribution is 2.24. The van der Waals surface area contributed by atoms with Crippen LogP contribution >= 0.6 is 0 Å². The van der Waals surface area contributed by atoms with E-state index in [0.29, 0.717) is 12.1 Å². The highest BCUT2D eigenvalue weighted by atomic mass is 19.1. The summed E-state index contributed by atoms with van der Waals surface area (Å²) in [6.45, 7) is 7.78. The molecular weight excluding hydrogens is 243 g/mol. The Bertz CT molecular complexity index is 450. The summed E-state index contributed by atoms with van der Waals surface area (Å²) in [5, 5.41) is 2.82. The number of hydrogen-bond acceptors (Lipinski definition) is 2. The molecule has 106 valence electrons. The molecule has 0 spiro atoms. The Balaban J connectivity index is 2.66. The van der Waals surface area contributed by atoms with Crippen LogP contribution in [0.25, 0.3) is 0 Å². The number of hydrogen-bond donors (Lipinski definition) is 2. The molecule has 0 radical (unpaired) electrons. The van der Waals surface area contributed by atoms with Gasteiger partial charge in [0.25, 0.3) is 0 Å². The zero-order valence-corrected chi connectivity index (χ0v) is 12.1. The Morgan fingerprint density at radius 3 is 2.37 bits per heavy atom. The normalized spacial score (nSPS) is 12.3. The quantitative estimate of drug-likeness (QED) is 0.859. The lowest BCUT2D eigenvalue weighted by Gasteiger charge is -2.27. The van der Waals surface area contributed by atoms with Crippen LogP contribution < -0.4 is 11.1 Å². The first-order valence-electron chi connectivity index (χ1n) is 6.42. The molecule has 0 aliphatic carbocycles. The largest absolute Gasteiger partial charge is 0.355 e. The molecule has 4 heteroatoms. The summed E-state index contributed by atoms with van der Waals surface area (Å²) in [5.74, 6) is -0.363. The first-order valence-corrected chi connectivity index (χ1v) is 6.42. The fourth-order valence-corrected chi connectivity index (χ4v) is 1.90. The monoisotopic (exact) mass is 266 g/mol. The van der Waals surface area contributed by atoms with E-state index in [1.54, 1.807) is 32.0 Å². The second-order valence-electron chi connectivity index (χ2n) is 6.31. The Morgan fingerprint density at radius 1 is 1.26 bits per heavy atom. The molecule has 0 aliphatic rings. The van der Waals surface area contributed by atoms with Crippen LogP contribution in [0.3, 0.4) is 0 Å². The molecule has 0 fully saturated rings. The van der Waals surface area contributed by atoms with Gasteiger partial charge in [-0.3, -0.25) is 4.79 Å². The van der Waals surface area contributed by atoms with E-state index < -0.39 is 11.0 Å². The predicted molar refractivity (Wildman–Crippen MR) is 75.3 cm³/mol. The molecule has 0 heterocycles. The van der Waals surface area contributed by atoms with Gasteiger partial charge in [-0.1, -0.05) is 32.0 Å². The van der Waals surface area contributed by atoms with Gasteiger partial charge in [-0.05, 0) is 25.5 Å². The minimum atomic E-state index is -0.535. The van der Waals surface area contributed by atoms with E-state index in [-0.39, 0.29) is 18.1 Å². The van der Waals surface area contributed by atoms with Crippen LogP contribution in [0.2, 0.25) is 0 Å². The van der Waals surface area contributed by atoms with Crippen LogP contribution in [0.4, 0.5) is 4.39 Å². The van der Waals surface area contributed by atoms with Crippen LogP contribution in [0.5, 0.6) is 0 Å². The number of nitrogens with two attached hydrogens (primary N) is 1. The average molecular weight is 266 g/mol. The van der Waals surface area contributed by atoms with Crippen molar-refractivity contribution in [3.8, 4) is 0 Å². The van der Waals surface area contributed by atoms with Crippen molar-refractivity contribution in [2.45, 2.75) is 45.1 Å². The van der Waals surface area contributed by atoms with Crippen LogP contribution in [0, 0.1) is 5.82 Å². The van der Waals surface area contributed by atoms with Gasteiger partial charge in [0.05, 0.1) is 0 Å². The number of amides is 1. The number of halogens is 1. The molecule has 19 heavy (non-hydrogen) atoms. The first kappa shape index (κ1) is 15.6. The summed E-state index contributed by atoms with van der Waals surface area (Å²) in [6, 6.07) is 6.63. The van der Waals surface area contributed by atoms with E-state index in [1.807, 2.05) is 13.8 Å². The van der Waals surface area contributed by atoms with Crippen LogP contribution in [0.15, 0.2) is 24.3 Å². The molecule has 1 aromatic carbocycles. The van der Waals surface area contributed by atoms with Crippen molar-refractivity contribution in [1.82, 2.24) is 5.32 Å². The lowest BCUT2D eigenvalue weighted by molar-refractivity contribution is -0.122. The lowest BCUT2D eigenvalue weighted by Crippen LogP contribution is -2.42. The molecule has 0 atom stereocenters. The fourth-order valence-electron chi connectivity index (χ4n) is 1.90. The molecule has 0 saturated carbocycles. The topological polar surface area (TPSA) is 55.1 Å². The number of benzene rings is 1. The van der Waals surface area contributed by atoms with E-state index in [1.165, 1.54) is 6.07 Å². The Morgan fingerprint density at radius 2 is 1.84 bits per heavy atom. The van der Waals surface area contributed by atoms with Gasteiger partial charge < -0.3 is 11.1 Å². The molecule has 3 N–H and O–H groups in total. The molecule has 0 saturated heterocycles. The summed E-state index contributed by atoms with van der Waals surface area (Å²) >= 11 is 0. The van der Waals surface area contributed by atoms with Gasteiger partial charge >= 0.3 is 0 Å². The summed E-state index contributed by atoms with van der Waals surface area (Å²) in [6.07, 6.45) is 0.250. The Labute approximate surface area is 114 Å². The third kappa shape index (κ3) is 4.99. The summed E-state index contributed by atoms with van der Waals surface area (Å²) in [4.78, 5) is 11.7. The molecule has 0 bridgehead atoms. The minimum absolute atomic E-state index is 0.114. The standard InChI is InChI=1S/C15H23FN2O/c1-14(2,11-7-5-6-8-12(11)16)10-18-13(19)9-15(3,4)17/h5-8H,9-10,17H2,1-4H3,(H,18,19). The SMILES string of the molecule is CC(C)(N)CC(=O)NCC(C)(C)c1ccccc1F. The summed E-state index contributed by atoms with van der Waals surface area (Å²) in [7, 11) is 0. The van der Waals surface area contributed by atoms with Crippen molar-refractivity contribution in [3.05, 3.63) is 35.6 Å². The van der Waals surface area contributed by atoms with Gasteiger partial charge in [0.2, 0.25) is 5.91 Å². The second kappa shape index (κ2) is 5.70. The number of carbonyl (C=O) groups excluding carboxylic acids is 1. The van der Waals surface area contributed by atoms with Crippen molar-refractivity contribution < 1.29 is 9.18 Å². The third-order valence-corrected chi connectivity index (χ3v) is 2.95. The van der Waals surface area contributed by atoms with E-state index in [2.05, 4.69) is 5.32 Å². The number of rotatable bonds is 5. The molecule has 1 rings (SSSR count). The second-order valence-corrected chi connectivity index (χ2v) is 6.31. The molecule has 3 nitrogen and oxygen atoms in total. The fraction of sp³-hybridized carbons (Fsp3) is 0.533. The van der Waals surface area contributed by atoms with Crippen LogP contribution in [-0.4, -0.2) is 18.0 Å². The highest BCUT2D eigenvalue weighted by molar-refractivity contribution is 5.77. The van der Waals surface area contributed by atoms with Crippen molar-refractivity contribution in [3.63, 3.8) is 0 Å². The molecule has 0 aliphatic heterocycles. The number of nitrogens with one attached hydrogen (secondary N) is 1. The van der Waals surface area contributed by atoms with Crippen molar-refractivity contribution in [1.29, 1.82) is 0 Å². The van der Waals surface area contributed by atoms with Crippen molar-refractivity contribution in [2.24, 2.45) is 5.73 Å². The zero-order valence-electron chi connectivity index (χ0n) is 12.1. The van der Waals surface area contributed by atoms with E-state index in [4.69, 9.17) is 5.73 Å². The maximum Gasteiger partial charge on any atom is 0.221 e. The van der Waals surface area contributed by atoms with E-state index >= 15 is 0 Å². The molecule has 1 aromatic rings. The maximum atomic E-state index is 13.7. The highest BCUT2D eigenvalue weighted by Gasteiger charge is 2.25. The van der Waals surface area contributed by atoms with Gasteiger partial charge in [-0.2, -0.15) is 0 Å².